The number of aromatic nitrogens is 1. The number of rotatable bonds is 5. The Balaban J connectivity index is 1.89. The molecule has 1 heterocycles. The lowest BCUT2D eigenvalue weighted by molar-refractivity contribution is 0.0338. The first-order valence-electron chi connectivity index (χ1n) is 13.3. The lowest BCUT2D eigenvalue weighted by atomic mass is 9.95. The lowest BCUT2D eigenvalue weighted by Crippen LogP contribution is -2.46. The molecule has 220 valence electrons. The summed E-state index contributed by atoms with van der Waals surface area (Å²) in [7, 11) is 3.29. The first kappa shape index (κ1) is 31.3. The molecule has 0 fully saturated rings. The van der Waals surface area contributed by atoms with Gasteiger partial charge in [0.2, 0.25) is 5.96 Å². The van der Waals surface area contributed by atoms with Crippen molar-refractivity contribution in [2.45, 2.75) is 72.1 Å². The molecule has 2 aromatic carbocycles. The van der Waals surface area contributed by atoms with Gasteiger partial charge in [-0.1, -0.05) is 54.5 Å². The molecular formula is C31H39FN4O5. The topological polar surface area (TPSA) is 97.5 Å². The van der Waals surface area contributed by atoms with Crippen molar-refractivity contribution in [3.05, 3.63) is 77.4 Å². The number of carbonyl (C=O) groups excluding carboxylic acids is 2. The van der Waals surface area contributed by atoms with Gasteiger partial charge in [0.05, 0.1) is 6.54 Å². The molecule has 3 aromatic rings. The van der Waals surface area contributed by atoms with E-state index in [9.17, 15) is 9.59 Å². The molecule has 10 heteroatoms. The third-order valence-corrected chi connectivity index (χ3v) is 5.74. The third-order valence-electron chi connectivity index (χ3n) is 5.74. The molecule has 2 amide bonds. The van der Waals surface area contributed by atoms with E-state index >= 15 is 4.39 Å². The minimum atomic E-state index is -0.856. The largest absolute Gasteiger partial charge is 0.443 e. The highest BCUT2D eigenvalue weighted by molar-refractivity contribution is 5.98. The van der Waals surface area contributed by atoms with Crippen molar-refractivity contribution in [3.8, 4) is 11.1 Å². The first-order valence-corrected chi connectivity index (χ1v) is 13.3. The Labute approximate surface area is 240 Å². The quantitative estimate of drug-likeness (QED) is 0.237. The zero-order valence-electron chi connectivity index (χ0n) is 25.2. The predicted molar refractivity (Wildman–Crippen MR) is 155 cm³/mol. The van der Waals surface area contributed by atoms with Crippen LogP contribution in [-0.4, -0.2) is 58.4 Å². The van der Waals surface area contributed by atoms with Gasteiger partial charge in [-0.25, -0.2) is 18.9 Å². The van der Waals surface area contributed by atoms with Gasteiger partial charge >= 0.3 is 12.2 Å². The summed E-state index contributed by atoms with van der Waals surface area (Å²) >= 11 is 0. The fourth-order valence-electron chi connectivity index (χ4n) is 3.89. The molecule has 0 aliphatic carbocycles. The zero-order chi connectivity index (χ0) is 30.5. The molecule has 1 unspecified atom stereocenters. The molecule has 0 N–H and O–H groups in total. The highest BCUT2D eigenvalue weighted by Crippen LogP contribution is 2.30. The third kappa shape index (κ3) is 8.89. The molecule has 3 rings (SSSR count). The summed E-state index contributed by atoms with van der Waals surface area (Å²) in [6.07, 6.45) is -1.59. The molecule has 41 heavy (non-hydrogen) atoms. The standard InChI is InChI=1S/C31H39FN4O5/c1-20(22-15-16-24(25(32)17-22)21-13-11-10-12-14-21)26-18-23(34-41-26)19-36(29(38)40-31(5,6)7)27(35(8)9)33-28(37)39-30(2,3)4/h10-18,20H,19H2,1-9H3/b33-27+. The van der Waals surface area contributed by atoms with Gasteiger partial charge in [0, 0.05) is 31.6 Å². The van der Waals surface area contributed by atoms with Crippen LogP contribution < -0.4 is 0 Å². The average molecular weight is 567 g/mol. The van der Waals surface area contributed by atoms with Crippen LogP contribution in [0, 0.1) is 5.82 Å². The maximum Gasteiger partial charge on any atom is 0.437 e. The minimum Gasteiger partial charge on any atom is -0.443 e. The fraction of sp³-hybridized carbons (Fsp3) is 0.419. The number of benzene rings is 2. The number of aliphatic imine (C=N–C) groups is 1. The van der Waals surface area contributed by atoms with E-state index < -0.39 is 23.4 Å². The van der Waals surface area contributed by atoms with Crippen LogP contribution in [0.4, 0.5) is 14.0 Å². The van der Waals surface area contributed by atoms with Crippen molar-refractivity contribution in [1.82, 2.24) is 15.0 Å². The number of hydrogen-bond acceptors (Lipinski definition) is 6. The lowest BCUT2D eigenvalue weighted by Gasteiger charge is -2.30. The predicted octanol–water partition coefficient (Wildman–Crippen LogP) is 7.22. The Morgan fingerprint density at radius 1 is 0.976 bits per heavy atom. The molecule has 0 aliphatic heterocycles. The number of carbonyl (C=O) groups is 2. The molecule has 0 aliphatic rings. The Hall–Kier alpha value is -4.21. The number of nitrogens with zero attached hydrogens (tertiary/aromatic N) is 4. The van der Waals surface area contributed by atoms with Gasteiger partial charge in [0.25, 0.3) is 0 Å². The van der Waals surface area contributed by atoms with E-state index in [1.165, 1.54) is 15.9 Å². The summed E-state index contributed by atoms with van der Waals surface area (Å²) in [5, 5.41) is 4.14. The van der Waals surface area contributed by atoms with Crippen LogP contribution >= 0.6 is 0 Å². The molecule has 1 atom stereocenters. The molecule has 9 nitrogen and oxygen atoms in total. The van der Waals surface area contributed by atoms with E-state index in [1.54, 1.807) is 67.8 Å². The average Bonchev–Trinajstić information content (AvgIpc) is 3.32. The van der Waals surface area contributed by atoms with Crippen LogP contribution in [0.25, 0.3) is 11.1 Å². The highest BCUT2D eigenvalue weighted by atomic mass is 19.1. The number of guanidine groups is 1. The van der Waals surface area contributed by atoms with Crippen LogP contribution in [-0.2, 0) is 16.0 Å². The molecule has 1 aromatic heterocycles. The normalized spacial score (nSPS) is 13.0. The Bertz CT molecular complexity index is 1390. The molecule has 0 saturated carbocycles. The van der Waals surface area contributed by atoms with Crippen LogP contribution in [0.2, 0.25) is 0 Å². The van der Waals surface area contributed by atoms with E-state index in [0.29, 0.717) is 22.6 Å². The summed E-state index contributed by atoms with van der Waals surface area (Å²) in [4.78, 5) is 32.6. The van der Waals surface area contributed by atoms with Gasteiger partial charge in [-0.3, -0.25) is 0 Å². The second-order valence-electron chi connectivity index (χ2n) is 11.9. The Morgan fingerprint density at radius 2 is 1.61 bits per heavy atom. The second kappa shape index (κ2) is 12.5. The van der Waals surface area contributed by atoms with Gasteiger partial charge in [-0.15, -0.1) is 4.99 Å². The molecule has 0 radical (unpaired) electrons. The number of hydrogen-bond donors (Lipinski definition) is 0. The fourth-order valence-corrected chi connectivity index (χ4v) is 3.89. The van der Waals surface area contributed by atoms with Crippen molar-refractivity contribution in [3.63, 3.8) is 0 Å². The number of ether oxygens (including phenoxy) is 2. The van der Waals surface area contributed by atoms with Crippen molar-refractivity contribution in [2.75, 3.05) is 14.1 Å². The molecule has 0 saturated heterocycles. The molecule has 0 bridgehead atoms. The van der Waals surface area contributed by atoms with E-state index in [0.717, 1.165) is 5.56 Å². The van der Waals surface area contributed by atoms with E-state index in [2.05, 4.69) is 10.1 Å². The van der Waals surface area contributed by atoms with Gasteiger partial charge in [-0.2, -0.15) is 0 Å². The van der Waals surface area contributed by atoms with Crippen LogP contribution in [0.3, 0.4) is 0 Å². The van der Waals surface area contributed by atoms with Crippen molar-refractivity contribution in [1.29, 1.82) is 0 Å². The van der Waals surface area contributed by atoms with Crippen LogP contribution in [0.15, 0.2) is 64.1 Å². The molecular weight excluding hydrogens is 527 g/mol. The van der Waals surface area contributed by atoms with Crippen molar-refractivity contribution >= 4 is 18.1 Å². The van der Waals surface area contributed by atoms with Crippen LogP contribution in [0.5, 0.6) is 0 Å². The summed E-state index contributed by atoms with van der Waals surface area (Å²) in [6, 6.07) is 16.1. The van der Waals surface area contributed by atoms with E-state index in [4.69, 9.17) is 14.0 Å². The maximum absolute atomic E-state index is 15.0. The smallest absolute Gasteiger partial charge is 0.437 e. The minimum absolute atomic E-state index is 0.00432. The summed E-state index contributed by atoms with van der Waals surface area (Å²) in [5.41, 5.74) is 0.807. The second-order valence-corrected chi connectivity index (χ2v) is 11.9. The van der Waals surface area contributed by atoms with Gasteiger partial charge in [-0.05, 0) is 58.7 Å². The first-order chi connectivity index (χ1) is 19.0. The van der Waals surface area contributed by atoms with Crippen LogP contribution in [0.1, 0.15) is 71.4 Å². The van der Waals surface area contributed by atoms with Gasteiger partial charge in [0.1, 0.15) is 28.5 Å². The van der Waals surface area contributed by atoms with Gasteiger partial charge in [0.15, 0.2) is 0 Å². The number of amides is 2. The Kier molecular flexibility index (Phi) is 9.57. The van der Waals surface area contributed by atoms with Crippen molar-refractivity contribution in [2.24, 2.45) is 4.99 Å². The van der Waals surface area contributed by atoms with E-state index in [-0.39, 0.29) is 24.2 Å². The monoisotopic (exact) mass is 566 g/mol. The van der Waals surface area contributed by atoms with Crippen molar-refractivity contribution < 1.29 is 28.0 Å². The zero-order valence-corrected chi connectivity index (χ0v) is 25.2. The van der Waals surface area contributed by atoms with Gasteiger partial charge < -0.3 is 18.9 Å². The summed E-state index contributed by atoms with van der Waals surface area (Å²) in [5.74, 6) is -0.184. The highest BCUT2D eigenvalue weighted by Gasteiger charge is 2.30. The number of halogens is 1. The summed E-state index contributed by atoms with van der Waals surface area (Å²) in [6.45, 7) is 12.2. The maximum atomic E-state index is 15.0. The SMILES string of the molecule is CC(c1ccc(-c2ccccc2)c(F)c1)c1cc(CN(C(=O)OC(C)(C)C)/C(=N/C(=O)OC(C)(C)C)N(C)C)no1. The van der Waals surface area contributed by atoms with E-state index in [1.807, 2.05) is 43.3 Å². The Morgan fingerprint density at radius 3 is 2.17 bits per heavy atom. The molecule has 0 spiro atoms. The summed E-state index contributed by atoms with van der Waals surface area (Å²) < 4.78 is 31.6.